The monoisotopic (exact) mass is 267 g/mol. The van der Waals surface area contributed by atoms with Crippen LogP contribution in [0.15, 0.2) is 0 Å². The molecule has 2 fully saturated rings. The maximum Gasteiger partial charge on any atom is 0.0113 e. The standard InChI is InChI=1S/C16H33N3/c1-14(2)18-11-9-17(10-12-18)7-5-16-6-8-19(13-16)15(3)4/h14-16H,5-13H2,1-4H3. The van der Waals surface area contributed by atoms with Gasteiger partial charge in [-0.15, -0.1) is 0 Å². The van der Waals surface area contributed by atoms with E-state index < -0.39 is 0 Å². The smallest absolute Gasteiger partial charge is 0.0113 e. The fourth-order valence-electron chi connectivity index (χ4n) is 3.44. The lowest BCUT2D eigenvalue weighted by Gasteiger charge is -2.37. The molecule has 0 spiro atoms. The van der Waals surface area contributed by atoms with Crippen LogP contribution in [0.5, 0.6) is 0 Å². The molecule has 3 nitrogen and oxygen atoms in total. The van der Waals surface area contributed by atoms with E-state index in [2.05, 4.69) is 42.4 Å². The van der Waals surface area contributed by atoms with E-state index in [-0.39, 0.29) is 0 Å². The minimum absolute atomic E-state index is 0.719. The zero-order valence-electron chi connectivity index (χ0n) is 13.4. The molecule has 1 unspecified atom stereocenters. The Labute approximate surface area is 119 Å². The van der Waals surface area contributed by atoms with Gasteiger partial charge in [0.25, 0.3) is 0 Å². The second-order valence-corrected chi connectivity index (χ2v) is 7.00. The SMILES string of the molecule is CC(C)N1CCN(CCC2CCN(C(C)C)C2)CC1. The third-order valence-corrected chi connectivity index (χ3v) is 5.04. The topological polar surface area (TPSA) is 9.72 Å². The Morgan fingerprint density at radius 2 is 1.47 bits per heavy atom. The van der Waals surface area contributed by atoms with Crippen LogP contribution in [-0.2, 0) is 0 Å². The van der Waals surface area contributed by atoms with Crippen molar-refractivity contribution in [2.24, 2.45) is 5.92 Å². The third-order valence-electron chi connectivity index (χ3n) is 5.04. The van der Waals surface area contributed by atoms with E-state index in [0.717, 1.165) is 18.0 Å². The fraction of sp³-hybridized carbons (Fsp3) is 1.00. The molecule has 0 aromatic heterocycles. The highest BCUT2D eigenvalue weighted by molar-refractivity contribution is 4.80. The zero-order valence-corrected chi connectivity index (χ0v) is 13.4. The number of nitrogens with zero attached hydrogens (tertiary/aromatic N) is 3. The summed E-state index contributed by atoms with van der Waals surface area (Å²) in [4.78, 5) is 7.92. The Balaban J connectivity index is 1.62. The number of rotatable bonds is 5. The molecule has 0 aromatic rings. The predicted octanol–water partition coefficient (Wildman–Crippen LogP) is 2.13. The van der Waals surface area contributed by atoms with E-state index in [1.54, 1.807) is 0 Å². The van der Waals surface area contributed by atoms with Gasteiger partial charge in [0.1, 0.15) is 0 Å². The number of hydrogen-bond donors (Lipinski definition) is 0. The van der Waals surface area contributed by atoms with Crippen LogP contribution in [0.25, 0.3) is 0 Å². The molecule has 2 aliphatic rings. The number of hydrogen-bond acceptors (Lipinski definition) is 3. The maximum atomic E-state index is 2.68. The molecule has 0 radical (unpaired) electrons. The van der Waals surface area contributed by atoms with Crippen LogP contribution in [0.4, 0.5) is 0 Å². The van der Waals surface area contributed by atoms with Gasteiger partial charge >= 0.3 is 0 Å². The predicted molar refractivity (Wildman–Crippen MR) is 82.6 cm³/mol. The largest absolute Gasteiger partial charge is 0.301 e. The van der Waals surface area contributed by atoms with Crippen molar-refractivity contribution in [1.82, 2.24) is 14.7 Å². The lowest BCUT2D eigenvalue weighted by molar-refractivity contribution is 0.104. The Bertz CT molecular complexity index is 257. The number of piperazine rings is 1. The van der Waals surface area contributed by atoms with Crippen LogP contribution in [-0.4, -0.2) is 72.6 Å². The Morgan fingerprint density at radius 3 is 2.00 bits per heavy atom. The molecule has 0 aromatic carbocycles. The Hall–Kier alpha value is -0.120. The van der Waals surface area contributed by atoms with E-state index in [9.17, 15) is 0 Å². The van der Waals surface area contributed by atoms with Crippen molar-refractivity contribution in [3.63, 3.8) is 0 Å². The summed E-state index contributed by atoms with van der Waals surface area (Å²) in [7, 11) is 0. The third kappa shape index (κ3) is 4.44. The molecular formula is C16H33N3. The van der Waals surface area contributed by atoms with Crippen molar-refractivity contribution >= 4 is 0 Å². The highest BCUT2D eigenvalue weighted by Gasteiger charge is 2.25. The highest BCUT2D eigenvalue weighted by Crippen LogP contribution is 2.22. The summed E-state index contributed by atoms with van der Waals surface area (Å²) in [5.41, 5.74) is 0. The molecule has 0 N–H and O–H groups in total. The van der Waals surface area contributed by atoms with Crippen molar-refractivity contribution in [1.29, 1.82) is 0 Å². The van der Waals surface area contributed by atoms with Gasteiger partial charge in [0.15, 0.2) is 0 Å². The molecule has 2 aliphatic heterocycles. The first kappa shape index (κ1) is 15.3. The normalized spacial score (nSPS) is 27.8. The van der Waals surface area contributed by atoms with Crippen molar-refractivity contribution in [3.05, 3.63) is 0 Å². The average molecular weight is 267 g/mol. The average Bonchev–Trinajstić information content (AvgIpc) is 2.86. The molecular weight excluding hydrogens is 234 g/mol. The van der Waals surface area contributed by atoms with Gasteiger partial charge in [0.2, 0.25) is 0 Å². The zero-order chi connectivity index (χ0) is 13.8. The van der Waals surface area contributed by atoms with Gasteiger partial charge in [-0.3, -0.25) is 4.90 Å². The summed E-state index contributed by atoms with van der Waals surface area (Å²) in [6.45, 7) is 18.3. The molecule has 112 valence electrons. The molecule has 0 bridgehead atoms. The summed E-state index contributed by atoms with van der Waals surface area (Å²) in [6.07, 6.45) is 2.83. The van der Waals surface area contributed by atoms with Crippen molar-refractivity contribution in [2.75, 3.05) is 45.8 Å². The summed E-state index contributed by atoms with van der Waals surface area (Å²) in [6, 6.07) is 1.45. The first-order chi connectivity index (χ1) is 9.06. The van der Waals surface area contributed by atoms with Crippen molar-refractivity contribution in [3.8, 4) is 0 Å². The molecule has 2 heterocycles. The molecule has 0 aliphatic carbocycles. The quantitative estimate of drug-likeness (QED) is 0.755. The van der Waals surface area contributed by atoms with Gasteiger partial charge in [-0.25, -0.2) is 0 Å². The lowest BCUT2D eigenvalue weighted by Crippen LogP contribution is -2.49. The molecule has 2 saturated heterocycles. The first-order valence-corrected chi connectivity index (χ1v) is 8.26. The highest BCUT2D eigenvalue weighted by atomic mass is 15.3. The summed E-state index contributed by atoms with van der Waals surface area (Å²) in [5.74, 6) is 0.950. The summed E-state index contributed by atoms with van der Waals surface area (Å²) < 4.78 is 0. The van der Waals surface area contributed by atoms with Crippen LogP contribution in [0.1, 0.15) is 40.5 Å². The molecule has 19 heavy (non-hydrogen) atoms. The van der Waals surface area contributed by atoms with Gasteiger partial charge < -0.3 is 9.80 Å². The van der Waals surface area contributed by atoms with Gasteiger partial charge in [-0.1, -0.05) is 0 Å². The van der Waals surface area contributed by atoms with Crippen molar-refractivity contribution < 1.29 is 0 Å². The second-order valence-electron chi connectivity index (χ2n) is 7.00. The van der Waals surface area contributed by atoms with Crippen LogP contribution in [0.2, 0.25) is 0 Å². The number of likely N-dealkylation sites (tertiary alicyclic amines) is 1. The van der Waals surface area contributed by atoms with Crippen LogP contribution in [0, 0.1) is 5.92 Å². The summed E-state index contributed by atoms with van der Waals surface area (Å²) >= 11 is 0. The second kappa shape index (κ2) is 7.05. The molecule has 3 heteroatoms. The van der Waals surface area contributed by atoms with E-state index in [4.69, 9.17) is 0 Å². The first-order valence-electron chi connectivity index (χ1n) is 8.26. The lowest BCUT2D eigenvalue weighted by atomic mass is 10.0. The van der Waals surface area contributed by atoms with Crippen molar-refractivity contribution in [2.45, 2.75) is 52.6 Å². The van der Waals surface area contributed by atoms with Gasteiger partial charge in [-0.2, -0.15) is 0 Å². The van der Waals surface area contributed by atoms with Crippen LogP contribution in [0.3, 0.4) is 0 Å². The van der Waals surface area contributed by atoms with E-state index in [1.165, 1.54) is 58.7 Å². The van der Waals surface area contributed by atoms with Crippen LogP contribution < -0.4 is 0 Å². The Morgan fingerprint density at radius 1 is 0.842 bits per heavy atom. The minimum Gasteiger partial charge on any atom is -0.301 e. The maximum absolute atomic E-state index is 2.68. The van der Waals surface area contributed by atoms with E-state index >= 15 is 0 Å². The molecule has 1 atom stereocenters. The molecule has 2 rings (SSSR count). The fourth-order valence-corrected chi connectivity index (χ4v) is 3.44. The van der Waals surface area contributed by atoms with Gasteiger partial charge in [-0.05, 0) is 59.5 Å². The summed E-state index contributed by atoms with van der Waals surface area (Å²) in [5, 5.41) is 0. The van der Waals surface area contributed by atoms with Gasteiger partial charge in [0.05, 0.1) is 0 Å². The van der Waals surface area contributed by atoms with E-state index in [0.29, 0.717) is 0 Å². The molecule has 0 saturated carbocycles. The minimum atomic E-state index is 0.719. The van der Waals surface area contributed by atoms with Gasteiger partial charge in [0, 0.05) is 44.8 Å². The van der Waals surface area contributed by atoms with Crippen LogP contribution >= 0.6 is 0 Å². The van der Waals surface area contributed by atoms with E-state index in [1.807, 2.05) is 0 Å². The Kier molecular flexibility index (Phi) is 5.67. The molecule has 0 amide bonds.